The number of hydrogen-bond acceptors (Lipinski definition) is 5. The Hall–Kier alpha value is -2.54. The summed E-state index contributed by atoms with van der Waals surface area (Å²) in [5, 5.41) is 18.8. The number of benzene rings is 1. The quantitative estimate of drug-likeness (QED) is 0.703. The van der Waals surface area contributed by atoms with E-state index < -0.39 is 5.60 Å². The number of nitrogens with one attached hydrogen (secondary N) is 1. The van der Waals surface area contributed by atoms with Gasteiger partial charge in [-0.15, -0.1) is 0 Å². The number of rotatable bonds is 6. The molecule has 3 heterocycles. The highest BCUT2D eigenvalue weighted by Crippen LogP contribution is 2.24. The number of pyridine rings is 1. The first kappa shape index (κ1) is 17.9. The molecule has 0 amide bonds. The Morgan fingerprint density at radius 1 is 1.11 bits per heavy atom. The average Bonchev–Trinajstić information content (AvgIpc) is 3.14. The summed E-state index contributed by atoms with van der Waals surface area (Å²) in [4.78, 5) is 4.23. The predicted molar refractivity (Wildman–Crippen MR) is 104 cm³/mol. The van der Waals surface area contributed by atoms with Crippen molar-refractivity contribution in [3.05, 3.63) is 66.6 Å². The molecule has 27 heavy (non-hydrogen) atoms. The van der Waals surface area contributed by atoms with Crippen molar-refractivity contribution in [3.63, 3.8) is 0 Å². The molecule has 2 N–H and O–H groups in total. The minimum Gasteiger partial charge on any atom is -0.388 e. The van der Waals surface area contributed by atoms with Crippen LogP contribution in [0.15, 0.2) is 61.1 Å². The number of aliphatic hydroxyl groups is 1. The monoisotopic (exact) mass is 364 g/mol. The van der Waals surface area contributed by atoms with Crippen LogP contribution in [-0.4, -0.2) is 45.2 Å². The molecule has 0 aliphatic carbocycles. The van der Waals surface area contributed by atoms with Gasteiger partial charge >= 0.3 is 0 Å². The minimum atomic E-state index is -0.692. The Labute approximate surface area is 158 Å². The molecule has 1 fully saturated rings. The summed E-state index contributed by atoms with van der Waals surface area (Å²) in [6, 6.07) is 14.0. The van der Waals surface area contributed by atoms with Gasteiger partial charge in [-0.1, -0.05) is 18.2 Å². The highest BCUT2D eigenvalue weighted by atomic mass is 16.5. The number of aromatic nitrogens is 3. The van der Waals surface area contributed by atoms with Crippen LogP contribution in [0.5, 0.6) is 0 Å². The first-order valence-electron chi connectivity index (χ1n) is 9.29. The van der Waals surface area contributed by atoms with Crippen LogP contribution in [0.25, 0.3) is 16.9 Å². The van der Waals surface area contributed by atoms with Crippen LogP contribution < -0.4 is 5.32 Å². The molecule has 4 rings (SSSR count). The van der Waals surface area contributed by atoms with Crippen LogP contribution in [0, 0.1) is 0 Å². The van der Waals surface area contributed by atoms with Crippen molar-refractivity contribution < 1.29 is 9.84 Å². The maximum atomic E-state index is 10.6. The molecule has 0 saturated carbocycles. The number of hydrogen-bond donors (Lipinski definition) is 2. The standard InChI is InChI=1S/C21H24N4O2/c26-21(8-11-27-12-9-21)16-23-14-18-15-25(19-6-2-1-3-7-19)24-20(18)17-5-4-10-22-13-17/h1-7,10,13,15,23,26H,8-9,11-12,14,16H2. The van der Waals surface area contributed by atoms with Crippen LogP contribution in [0.1, 0.15) is 18.4 Å². The summed E-state index contributed by atoms with van der Waals surface area (Å²) >= 11 is 0. The van der Waals surface area contributed by atoms with Gasteiger partial charge in [0.15, 0.2) is 0 Å². The highest BCUT2D eigenvalue weighted by Gasteiger charge is 2.29. The predicted octanol–water partition coefficient (Wildman–Crippen LogP) is 2.57. The fourth-order valence-electron chi connectivity index (χ4n) is 3.36. The molecule has 1 aromatic carbocycles. The lowest BCUT2D eigenvalue weighted by molar-refractivity contribution is -0.0616. The van der Waals surface area contributed by atoms with Gasteiger partial charge in [0, 0.05) is 68.9 Å². The Bertz CT molecular complexity index is 858. The van der Waals surface area contributed by atoms with Gasteiger partial charge in [0.2, 0.25) is 0 Å². The molecule has 0 spiro atoms. The zero-order valence-electron chi connectivity index (χ0n) is 15.2. The van der Waals surface area contributed by atoms with Gasteiger partial charge in [0.05, 0.1) is 17.0 Å². The zero-order chi connectivity index (χ0) is 18.5. The van der Waals surface area contributed by atoms with Gasteiger partial charge in [-0.2, -0.15) is 5.10 Å². The Morgan fingerprint density at radius 2 is 1.93 bits per heavy atom. The molecule has 2 aromatic heterocycles. The van der Waals surface area contributed by atoms with E-state index in [0.717, 1.165) is 22.5 Å². The van der Waals surface area contributed by atoms with Crippen molar-refractivity contribution in [1.29, 1.82) is 0 Å². The van der Waals surface area contributed by atoms with E-state index in [2.05, 4.69) is 10.3 Å². The summed E-state index contributed by atoms with van der Waals surface area (Å²) in [5.74, 6) is 0. The van der Waals surface area contributed by atoms with E-state index in [1.807, 2.05) is 59.5 Å². The van der Waals surface area contributed by atoms with Crippen molar-refractivity contribution in [2.45, 2.75) is 25.0 Å². The molecule has 0 unspecified atom stereocenters. The topological polar surface area (TPSA) is 72.2 Å². The normalized spacial score (nSPS) is 16.3. The molecule has 1 saturated heterocycles. The van der Waals surface area contributed by atoms with Gasteiger partial charge in [0.1, 0.15) is 0 Å². The van der Waals surface area contributed by atoms with Crippen molar-refractivity contribution >= 4 is 0 Å². The van der Waals surface area contributed by atoms with E-state index in [1.165, 1.54) is 0 Å². The van der Waals surface area contributed by atoms with Gasteiger partial charge < -0.3 is 15.2 Å². The summed E-state index contributed by atoms with van der Waals surface area (Å²) in [7, 11) is 0. The number of nitrogens with zero attached hydrogens (tertiary/aromatic N) is 3. The van der Waals surface area contributed by atoms with Crippen LogP contribution in [0.2, 0.25) is 0 Å². The highest BCUT2D eigenvalue weighted by molar-refractivity contribution is 5.62. The molecular formula is C21H24N4O2. The van der Waals surface area contributed by atoms with Crippen molar-refractivity contribution in [3.8, 4) is 16.9 Å². The summed E-state index contributed by atoms with van der Waals surface area (Å²) in [5.41, 5.74) is 3.27. The Morgan fingerprint density at radius 3 is 2.67 bits per heavy atom. The molecular weight excluding hydrogens is 340 g/mol. The first-order chi connectivity index (χ1) is 13.2. The molecule has 1 aliphatic rings. The Kier molecular flexibility index (Phi) is 5.29. The maximum Gasteiger partial charge on any atom is 0.0988 e. The number of para-hydroxylation sites is 1. The minimum absolute atomic E-state index is 0.541. The third-order valence-corrected chi connectivity index (χ3v) is 4.94. The molecule has 3 aromatic rings. The maximum absolute atomic E-state index is 10.6. The molecule has 0 atom stereocenters. The SMILES string of the molecule is OC1(CNCc2cn(-c3ccccc3)nc2-c2cccnc2)CCOCC1. The molecule has 0 radical (unpaired) electrons. The van der Waals surface area contributed by atoms with E-state index in [9.17, 15) is 5.11 Å². The smallest absolute Gasteiger partial charge is 0.0988 e. The summed E-state index contributed by atoms with van der Waals surface area (Å²) in [6.45, 7) is 2.40. The third-order valence-electron chi connectivity index (χ3n) is 4.94. The van der Waals surface area contributed by atoms with Crippen LogP contribution in [-0.2, 0) is 11.3 Å². The van der Waals surface area contributed by atoms with E-state index in [0.29, 0.717) is 39.1 Å². The average molecular weight is 364 g/mol. The third kappa shape index (κ3) is 4.24. The lowest BCUT2D eigenvalue weighted by Crippen LogP contribution is -2.44. The van der Waals surface area contributed by atoms with Gasteiger partial charge in [-0.05, 0) is 24.3 Å². The molecule has 6 nitrogen and oxygen atoms in total. The van der Waals surface area contributed by atoms with E-state index in [-0.39, 0.29) is 0 Å². The first-order valence-corrected chi connectivity index (χ1v) is 9.29. The van der Waals surface area contributed by atoms with E-state index in [4.69, 9.17) is 9.84 Å². The molecule has 140 valence electrons. The van der Waals surface area contributed by atoms with Crippen molar-refractivity contribution in [1.82, 2.24) is 20.1 Å². The molecule has 6 heteroatoms. The lowest BCUT2D eigenvalue weighted by atomic mass is 9.94. The van der Waals surface area contributed by atoms with Gasteiger partial charge in [0.25, 0.3) is 0 Å². The summed E-state index contributed by atoms with van der Waals surface area (Å²) < 4.78 is 7.24. The van der Waals surface area contributed by atoms with Crippen molar-refractivity contribution in [2.75, 3.05) is 19.8 Å². The second-order valence-electron chi connectivity index (χ2n) is 6.97. The fraction of sp³-hybridized carbons (Fsp3) is 0.333. The van der Waals surface area contributed by atoms with Gasteiger partial charge in [-0.3, -0.25) is 4.98 Å². The summed E-state index contributed by atoms with van der Waals surface area (Å²) in [6.07, 6.45) is 6.96. The fourth-order valence-corrected chi connectivity index (χ4v) is 3.36. The second kappa shape index (κ2) is 8.00. The molecule has 0 bridgehead atoms. The second-order valence-corrected chi connectivity index (χ2v) is 6.97. The van der Waals surface area contributed by atoms with Crippen LogP contribution >= 0.6 is 0 Å². The van der Waals surface area contributed by atoms with Crippen molar-refractivity contribution in [2.24, 2.45) is 0 Å². The van der Waals surface area contributed by atoms with Gasteiger partial charge in [-0.25, -0.2) is 4.68 Å². The lowest BCUT2D eigenvalue weighted by Gasteiger charge is -2.32. The molecule has 1 aliphatic heterocycles. The van der Waals surface area contributed by atoms with E-state index in [1.54, 1.807) is 6.20 Å². The zero-order valence-corrected chi connectivity index (χ0v) is 15.2. The largest absolute Gasteiger partial charge is 0.388 e. The van der Waals surface area contributed by atoms with Crippen LogP contribution in [0.3, 0.4) is 0 Å². The van der Waals surface area contributed by atoms with E-state index >= 15 is 0 Å². The van der Waals surface area contributed by atoms with Crippen LogP contribution in [0.4, 0.5) is 0 Å². The Balaban J connectivity index is 1.56. The number of ether oxygens (including phenoxy) is 1.